The molecule has 0 radical (unpaired) electrons. The van der Waals surface area contributed by atoms with E-state index in [2.05, 4.69) is 4.98 Å². The van der Waals surface area contributed by atoms with E-state index in [0.29, 0.717) is 16.8 Å². The van der Waals surface area contributed by atoms with Crippen molar-refractivity contribution >= 4 is 32.3 Å². The summed E-state index contributed by atoms with van der Waals surface area (Å²) in [6.07, 6.45) is 1.50. The maximum atomic E-state index is 12.8. The van der Waals surface area contributed by atoms with E-state index < -0.39 is 10.0 Å². The second kappa shape index (κ2) is 4.82. The SMILES string of the molecule is CN(c1ccccc1)S(=O)(=O)c1c[nH]c2ccc(N)cc12. The van der Waals surface area contributed by atoms with E-state index >= 15 is 0 Å². The summed E-state index contributed by atoms with van der Waals surface area (Å²) >= 11 is 0. The number of anilines is 2. The number of hydrogen-bond donors (Lipinski definition) is 2. The quantitative estimate of drug-likeness (QED) is 0.730. The van der Waals surface area contributed by atoms with Crippen molar-refractivity contribution in [3.63, 3.8) is 0 Å². The first-order chi connectivity index (χ1) is 10.00. The summed E-state index contributed by atoms with van der Waals surface area (Å²) in [5.74, 6) is 0. The summed E-state index contributed by atoms with van der Waals surface area (Å²) in [7, 11) is -2.11. The van der Waals surface area contributed by atoms with Gasteiger partial charge in [-0.25, -0.2) is 8.42 Å². The number of rotatable bonds is 3. The third kappa shape index (κ3) is 2.23. The van der Waals surface area contributed by atoms with Gasteiger partial charge >= 0.3 is 0 Å². The van der Waals surface area contributed by atoms with Crippen LogP contribution in [0.15, 0.2) is 59.6 Å². The normalized spacial score (nSPS) is 11.7. The van der Waals surface area contributed by atoms with E-state index in [1.165, 1.54) is 17.5 Å². The van der Waals surface area contributed by atoms with Gasteiger partial charge in [-0.05, 0) is 30.3 Å². The molecule has 1 aromatic heterocycles. The third-order valence-electron chi connectivity index (χ3n) is 3.43. The van der Waals surface area contributed by atoms with Crippen LogP contribution in [0.25, 0.3) is 10.9 Å². The number of nitrogens with zero attached hydrogens (tertiary/aromatic N) is 1. The zero-order chi connectivity index (χ0) is 15.0. The van der Waals surface area contributed by atoms with Gasteiger partial charge in [-0.15, -0.1) is 0 Å². The van der Waals surface area contributed by atoms with E-state index in [9.17, 15) is 8.42 Å². The summed E-state index contributed by atoms with van der Waals surface area (Å²) in [6, 6.07) is 14.1. The van der Waals surface area contributed by atoms with Crippen LogP contribution in [0.3, 0.4) is 0 Å². The van der Waals surface area contributed by atoms with Crippen LogP contribution in [0.2, 0.25) is 0 Å². The first kappa shape index (κ1) is 13.5. The lowest BCUT2D eigenvalue weighted by Crippen LogP contribution is -2.26. The molecule has 5 nitrogen and oxygen atoms in total. The average Bonchev–Trinajstić information content (AvgIpc) is 2.91. The molecule has 6 heteroatoms. The van der Waals surface area contributed by atoms with Gasteiger partial charge in [0.2, 0.25) is 0 Å². The fraction of sp³-hybridized carbons (Fsp3) is 0.0667. The zero-order valence-corrected chi connectivity index (χ0v) is 12.3. The molecule has 0 aliphatic rings. The van der Waals surface area contributed by atoms with Crippen molar-refractivity contribution in [2.75, 3.05) is 17.1 Å². The lowest BCUT2D eigenvalue weighted by Gasteiger charge is -2.18. The summed E-state index contributed by atoms with van der Waals surface area (Å²) in [5, 5.41) is 0.595. The summed E-state index contributed by atoms with van der Waals surface area (Å²) in [6.45, 7) is 0. The van der Waals surface area contributed by atoms with Gasteiger partial charge in [0, 0.05) is 29.8 Å². The maximum absolute atomic E-state index is 12.8. The predicted octanol–water partition coefficient (Wildman–Crippen LogP) is 2.58. The minimum Gasteiger partial charge on any atom is -0.399 e. The van der Waals surface area contributed by atoms with Crippen LogP contribution < -0.4 is 10.0 Å². The second-order valence-electron chi connectivity index (χ2n) is 4.77. The molecule has 0 saturated carbocycles. The van der Waals surface area contributed by atoms with Crippen LogP contribution in [0.4, 0.5) is 11.4 Å². The van der Waals surface area contributed by atoms with Gasteiger partial charge in [0.25, 0.3) is 10.0 Å². The zero-order valence-electron chi connectivity index (χ0n) is 11.4. The van der Waals surface area contributed by atoms with Crippen LogP contribution >= 0.6 is 0 Å². The van der Waals surface area contributed by atoms with Gasteiger partial charge in [0.1, 0.15) is 4.90 Å². The highest BCUT2D eigenvalue weighted by atomic mass is 32.2. The number of nitrogens with two attached hydrogens (primary N) is 1. The molecule has 0 bridgehead atoms. The monoisotopic (exact) mass is 301 g/mol. The van der Waals surface area contributed by atoms with Gasteiger partial charge < -0.3 is 10.7 Å². The van der Waals surface area contributed by atoms with E-state index in [1.807, 2.05) is 6.07 Å². The molecule has 0 atom stereocenters. The largest absolute Gasteiger partial charge is 0.399 e. The third-order valence-corrected chi connectivity index (χ3v) is 5.25. The van der Waals surface area contributed by atoms with E-state index in [-0.39, 0.29) is 4.90 Å². The molecule has 0 unspecified atom stereocenters. The lowest BCUT2D eigenvalue weighted by molar-refractivity contribution is 0.595. The predicted molar refractivity (Wildman–Crippen MR) is 84.7 cm³/mol. The van der Waals surface area contributed by atoms with Crippen LogP contribution in [0.5, 0.6) is 0 Å². The Labute approximate surface area is 123 Å². The fourth-order valence-electron chi connectivity index (χ4n) is 2.25. The van der Waals surface area contributed by atoms with Crippen LogP contribution in [-0.4, -0.2) is 20.4 Å². The molecule has 3 N–H and O–H groups in total. The second-order valence-corrected chi connectivity index (χ2v) is 6.70. The molecule has 0 spiro atoms. The van der Waals surface area contributed by atoms with E-state index in [4.69, 9.17) is 5.73 Å². The molecule has 0 aliphatic heterocycles. The van der Waals surface area contributed by atoms with Crippen molar-refractivity contribution in [2.45, 2.75) is 4.90 Å². The average molecular weight is 301 g/mol. The van der Waals surface area contributed by atoms with Gasteiger partial charge in [0.15, 0.2) is 0 Å². The number of sulfonamides is 1. The molecule has 108 valence electrons. The number of para-hydroxylation sites is 1. The highest BCUT2D eigenvalue weighted by Crippen LogP contribution is 2.29. The van der Waals surface area contributed by atoms with E-state index in [1.54, 1.807) is 42.5 Å². The highest BCUT2D eigenvalue weighted by molar-refractivity contribution is 7.93. The van der Waals surface area contributed by atoms with Gasteiger partial charge in [-0.3, -0.25) is 4.31 Å². The molecule has 0 fully saturated rings. The summed E-state index contributed by atoms with van der Waals surface area (Å²) in [4.78, 5) is 3.19. The van der Waals surface area contributed by atoms with Crippen molar-refractivity contribution < 1.29 is 8.42 Å². The molecule has 0 saturated heterocycles. The summed E-state index contributed by atoms with van der Waals surface area (Å²) in [5.41, 5.74) is 7.64. The Morgan fingerprint density at radius 2 is 1.81 bits per heavy atom. The Bertz CT molecular complexity index is 886. The smallest absolute Gasteiger partial charge is 0.266 e. The number of aromatic amines is 1. The number of aromatic nitrogens is 1. The van der Waals surface area contributed by atoms with Crippen molar-refractivity contribution in [1.29, 1.82) is 0 Å². The van der Waals surface area contributed by atoms with Crippen LogP contribution in [0.1, 0.15) is 0 Å². The molecule has 21 heavy (non-hydrogen) atoms. The Balaban J connectivity index is 2.15. The maximum Gasteiger partial charge on any atom is 0.266 e. The van der Waals surface area contributed by atoms with Crippen molar-refractivity contribution in [2.24, 2.45) is 0 Å². The number of nitrogens with one attached hydrogen (secondary N) is 1. The minimum absolute atomic E-state index is 0.219. The standard InChI is InChI=1S/C15H15N3O2S/c1-18(12-5-3-2-4-6-12)21(19,20)15-10-17-14-8-7-11(16)9-13(14)15/h2-10,17H,16H2,1H3. The Morgan fingerprint density at radius 1 is 1.10 bits per heavy atom. The summed E-state index contributed by atoms with van der Waals surface area (Å²) < 4.78 is 26.8. The first-order valence-electron chi connectivity index (χ1n) is 6.41. The Kier molecular flexibility index (Phi) is 3.10. The molecule has 3 aromatic rings. The van der Waals surface area contributed by atoms with Gasteiger partial charge in [0.05, 0.1) is 5.69 Å². The van der Waals surface area contributed by atoms with Crippen LogP contribution in [0, 0.1) is 0 Å². The van der Waals surface area contributed by atoms with Crippen LogP contribution in [-0.2, 0) is 10.0 Å². The Hall–Kier alpha value is -2.47. The molecule has 1 heterocycles. The molecule has 3 rings (SSSR count). The van der Waals surface area contributed by atoms with Gasteiger partial charge in [-0.1, -0.05) is 18.2 Å². The number of fused-ring (bicyclic) bond motifs is 1. The Morgan fingerprint density at radius 3 is 2.52 bits per heavy atom. The molecular weight excluding hydrogens is 286 g/mol. The van der Waals surface area contributed by atoms with Crippen molar-refractivity contribution in [3.8, 4) is 0 Å². The van der Waals surface area contributed by atoms with Crippen molar-refractivity contribution in [3.05, 3.63) is 54.7 Å². The fourth-order valence-corrected chi connectivity index (χ4v) is 3.60. The number of benzene rings is 2. The molecular formula is C15H15N3O2S. The first-order valence-corrected chi connectivity index (χ1v) is 7.85. The molecule has 2 aromatic carbocycles. The minimum atomic E-state index is -3.65. The number of hydrogen-bond acceptors (Lipinski definition) is 3. The number of nitrogen functional groups attached to an aromatic ring is 1. The van der Waals surface area contributed by atoms with Crippen molar-refractivity contribution in [1.82, 2.24) is 4.98 Å². The number of H-pyrrole nitrogens is 1. The topological polar surface area (TPSA) is 79.2 Å². The van der Waals surface area contributed by atoms with E-state index in [0.717, 1.165) is 5.52 Å². The lowest BCUT2D eigenvalue weighted by atomic mass is 10.2. The molecule has 0 amide bonds. The van der Waals surface area contributed by atoms with Gasteiger partial charge in [-0.2, -0.15) is 0 Å². The highest BCUT2D eigenvalue weighted by Gasteiger charge is 2.24. The molecule has 0 aliphatic carbocycles.